The molecule has 4 heterocycles. The summed E-state index contributed by atoms with van der Waals surface area (Å²) in [4.78, 5) is 19.1. The zero-order valence-corrected chi connectivity index (χ0v) is 21.3. The van der Waals surface area contributed by atoms with Gasteiger partial charge in [-0.3, -0.25) is 4.79 Å². The van der Waals surface area contributed by atoms with Crippen LogP contribution in [-0.2, 0) is 4.79 Å². The van der Waals surface area contributed by atoms with Crippen LogP contribution in [0.2, 0.25) is 10.0 Å². The third kappa shape index (κ3) is 4.65. The van der Waals surface area contributed by atoms with E-state index in [1.165, 1.54) is 12.1 Å². The molecule has 3 aromatic rings. The van der Waals surface area contributed by atoms with Crippen molar-refractivity contribution < 1.29 is 18.3 Å². The number of piperidine rings is 1. The van der Waals surface area contributed by atoms with E-state index in [1.54, 1.807) is 19.4 Å². The number of nitrogen functional groups attached to an aromatic ring is 1. The number of nitrogens with one attached hydrogen (secondary N) is 1. The molecular weight excluding hydrogens is 506 g/mol. The number of benzene rings is 1. The largest absolute Gasteiger partial charge is 0.478 e. The van der Waals surface area contributed by atoms with Crippen LogP contribution < -0.4 is 15.8 Å². The highest BCUT2D eigenvalue weighted by Gasteiger charge is 2.28. The number of nitrogens with two attached hydrogens (primary N) is 1. The van der Waals surface area contributed by atoms with Gasteiger partial charge in [0.2, 0.25) is 11.7 Å². The van der Waals surface area contributed by atoms with Crippen molar-refractivity contribution in [2.75, 3.05) is 25.4 Å². The molecule has 2 aromatic heterocycles. The Hall–Kier alpha value is -2.81. The van der Waals surface area contributed by atoms with Gasteiger partial charge in [0.05, 0.1) is 22.7 Å². The van der Waals surface area contributed by atoms with Crippen LogP contribution in [0.3, 0.4) is 0 Å². The molecule has 36 heavy (non-hydrogen) atoms. The first-order valence-corrected chi connectivity index (χ1v) is 12.8. The van der Waals surface area contributed by atoms with E-state index in [4.69, 9.17) is 38.1 Å². The number of hydrogen-bond acceptors (Lipinski definition) is 6. The summed E-state index contributed by atoms with van der Waals surface area (Å²) >= 11 is 12.4. The van der Waals surface area contributed by atoms with Gasteiger partial charge in [-0.15, -0.1) is 0 Å². The Balaban J connectivity index is 1.39. The third-order valence-corrected chi connectivity index (χ3v) is 7.57. The van der Waals surface area contributed by atoms with Crippen molar-refractivity contribution in [1.29, 1.82) is 0 Å². The SMILES string of the molecule is C[C@@H](Oc1c(N)ncc2c(C3=CCN(C(=O)[C@@H]4CCCCN4)CC3)coc12)c1c(Cl)ccc(F)c1Cl. The molecule has 0 saturated carbocycles. The van der Waals surface area contributed by atoms with Gasteiger partial charge in [-0.05, 0) is 50.4 Å². The van der Waals surface area contributed by atoms with Crippen molar-refractivity contribution >= 4 is 51.5 Å². The smallest absolute Gasteiger partial charge is 0.239 e. The quantitative estimate of drug-likeness (QED) is 0.406. The highest BCUT2D eigenvalue weighted by atomic mass is 35.5. The second-order valence-electron chi connectivity index (χ2n) is 9.15. The number of carbonyl (C=O) groups is 1. The topological polar surface area (TPSA) is 93.6 Å². The minimum Gasteiger partial charge on any atom is -0.478 e. The molecule has 1 aromatic carbocycles. The molecular formula is C26H27Cl2FN4O3. The van der Waals surface area contributed by atoms with Crippen LogP contribution in [0.25, 0.3) is 16.5 Å². The van der Waals surface area contributed by atoms with Crippen molar-refractivity contribution in [3.05, 3.63) is 57.7 Å². The number of anilines is 1. The number of halogens is 3. The van der Waals surface area contributed by atoms with Crippen LogP contribution in [0.4, 0.5) is 10.2 Å². The number of aromatic nitrogens is 1. The van der Waals surface area contributed by atoms with Crippen molar-refractivity contribution in [2.24, 2.45) is 0 Å². The van der Waals surface area contributed by atoms with Crippen LogP contribution in [-0.4, -0.2) is 41.5 Å². The van der Waals surface area contributed by atoms with Gasteiger partial charge in [0.1, 0.15) is 11.9 Å². The van der Waals surface area contributed by atoms with Gasteiger partial charge in [0, 0.05) is 35.4 Å². The van der Waals surface area contributed by atoms with Gasteiger partial charge in [0.15, 0.2) is 11.4 Å². The average Bonchev–Trinajstić information content (AvgIpc) is 3.33. The zero-order valence-electron chi connectivity index (χ0n) is 19.8. The fraction of sp³-hybridized carbons (Fsp3) is 0.385. The average molecular weight is 533 g/mol. The van der Waals surface area contributed by atoms with Crippen LogP contribution in [0, 0.1) is 5.82 Å². The fourth-order valence-corrected chi connectivity index (χ4v) is 5.57. The molecule has 1 saturated heterocycles. The molecule has 3 N–H and O–H groups in total. The van der Waals surface area contributed by atoms with Crippen LogP contribution in [0.15, 0.2) is 35.1 Å². The summed E-state index contributed by atoms with van der Waals surface area (Å²) in [5.74, 6) is -0.0597. The van der Waals surface area contributed by atoms with E-state index in [-0.39, 0.29) is 33.6 Å². The molecule has 5 rings (SSSR count). The Kier molecular flexibility index (Phi) is 7.10. The zero-order chi connectivity index (χ0) is 25.4. The van der Waals surface area contributed by atoms with E-state index in [2.05, 4.69) is 16.4 Å². The van der Waals surface area contributed by atoms with Gasteiger partial charge >= 0.3 is 0 Å². The lowest BCUT2D eigenvalue weighted by atomic mass is 9.98. The molecule has 1 fully saturated rings. The van der Waals surface area contributed by atoms with E-state index < -0.39 is 11.9 Å². The number of amides is 1. The number of hydrogen-bond donors (Lipinski definition) is 2. The highest BCUT2D eigenvalue weighted by molar-refractivity contribution is 6.36. The fourth-order valence-electron chi connectivity index (χ4n) is 4.89. The first-order valence-electron chi connectivity index (χ1n) is 12.0. The summed E-state index contributed by atoms with van der Waals surface area (Å²) in [5, 5.41) is 4.24. The van der Waals surface area contributed by atoms with Crippen LogP contribution in [0.1, 0.15) is 49.8 Å². The lowest BCUT2D eigenvalue weighted by Gasteiger charge is -2.32. The number of carbonyl (C=O) groups excluding carboxylic acids is 1. The van der Waals surface area contributed by atoms with Crippen molar-refractivity contribution in [1.82, 2.24) is 15.2 Å². The Labute approximate surface area is 218 Å². The molecule has 10 heteroatoms. The van der Waals surface area contributed by atoms with Gasteiger partial charge in [0.25, 0.3) is 0 Å². The Morgan fingerprint density at radius 1 is 1.36 bits per heavy atom. The second kappa shape index (κ2) is 10.3. The lowest BCUT2D eigenvalue weighted by molar-refractivity contribution is -0.133. The summed E-state index contributed by atoms with van der Waals surface area (Å²) in [6.07, 6.45) is 8.41. The summed E-state index contributed by atoms with van der Waals surface area (Å²) < 4.78 is 26.0. The molecule has 0 radical (unpaired) electrons. The Bertz CT molecular complexity index is 1340. The standard InChI is InChI=1S/C26H27Cl2FN4O3/c1-14(21-18(27)5-6-19(29)22(21)28)36-24-23-16(12-32-25(24)30)17(13-35-23)15-7-10-33(11-8-15)26(34)20-4-2-3-9-31-20/h5-7,12-14,20,31H,2-4,8-11H2,1H3,(H2,30,32)/t14-,20+/m1/s1. The first-order chi connectivity index (χ1) is 17.3. The van der Waals surface area contributed by atoms with Crippen LogP contribution in [0.5, 0.6) is 5.75 Å². The number of fused-ring (bicyclic) bond motifs is 1. The molecule has 0 spiro atoms. The maximum absolute atomic E-state index is 14.0. The van der Waals surface area contributed by atoms with Gasteiger partial charge in [-0.2, -0.15) is 0 Å². The summed E-state index contributed by atoms with van der Waals surface area (Å²) in [7, 11) is 0. The number of ether oxygens (including phenoxy) is 1. The third-order valence-electron chi connectivity index (χ3n) is 6.86. The van der Waals surface area contributed by atoms with Crippen molar-refractivity contribution in [3.63, 3.8) is 0 Å². The van der Waals surface area contributed by atoms with Crippen molar-refractivity contribution in [3.8, 4) is 5.75 Å². The molecule has 1 amide bonds. The molecule has 2 atom stereocenters. The Morgan fingerprint density at radius 2 is 2.19 bits per heavy atom. The maximum atomic E-state index is 14.0. The normalized spacial score (nSPS) is 19.3. The number of nitrogens with zero attached hydrogens (tertiary/aromatic N) is 2. The number of rotatable bonds is 5. The summed E-state index contributed by atoms with van der Waals surface area (Å²) in [5.41, 5.74) is 8.81. The second-order valence-corrected chi connectivity index (χ2v) is 9.93. The van der Waals surface area contributed by atoms with E-state index >= 15 is 0 Å². The van der Waals surface area contributed by atoms with E-state index in [9.17, 15) is 9.18 Å². The predicted molar refractivity (Wildman–Crippen MR) is 139 cm³/mol. The minimum atomic E-state index is -0.717. The van der Waals surface area contributed by atoms with Gasteiger partial charge in [-0.25, -0.2) is 9.37 Å². The maximum Gasteiger partial charge on any atom is 0.239 e. The molecule has 0 bridgehead atoms. The highest BCUT2D eigenvalue weighted by Crippen LogP contribution is 2.41. The molecule has 190 valence electrons. The van der Waals surface area contributed by atoms with Crippen molar-refractivity contribution in [2.45, 2.75) is 44.8 Å². The Morgan fingerprint density at radius 3 is 2.92 bits per heavy atom. The minimum absolute atomic E-state index is 0.0857. The van der Waals surface area contributed by atoms with Gasteiger partial charge in [-0.1, -0.05) is 35.7 Å². The van der Waals surface area contributed by atoms with E-state index in [0.29, 0.717) is 30.7 Å². The number of furan rings is 1. The summed E-state index contributed by atoms with van der Waals surface area (Å²) in [6.45, 7) is 3.77. The summed E-state index contributed by atoms with van der Waals surface area (Å²) in [6, 6.07) is 2.55. The molecule has 2 aliphatic rings. The van der Waals surface area contributed by atoms with Crippen LogP contribution >= 0.6 is 23.2 Å². The number of pyridine rings is 1. The molecule has 0 unspecified atom stereocenters. The first kappa shape index (κ1) is 24.9. The molecule has 7 nitrogen and oxygen atoms in total. The monoisotopic (exact) mass is 532 g/mol. The van der Waals surface area contributed by atoms with Gasteiger partial charge < -0.3 is 25.1 Å². The molecule has 2 aliphatic heterocycles. The predicted octanol–water partition coefficient (Wildman–Crippen LogP) is 5.75. The molecule has 0 aliphatic carbocycles. The lowest BCUT2D eigenvalue weighted by Crippen LogP contribution is -2.49. The van der Waals surface area contributed by atoms with E-state index in [1.807, 2.05) is 4.90 Å². The van der Waals surface area contributed by atoms with E-state index in [0.717, 1.165) is 42.3 Å².